The van der Waals surface area contributed by atoms with Gasteiger partial charge in [0.15, 0.2) is 0 Å². The van der Waals surface area contributed by atoms with Crippen molar-refractivity contribution in [2.45, 2.75) is 32.2 Å². The van der Waals surface area contributed by atoms with Crippen LogP contribution >= 0.6 is 27.5 Å². The highest BCUT2D eigenvalue weighted by Gasteiger charge is 2.26. The third kappa shape index (κ3) is 3.08. The van der Waals surface area contributed by atoms with Crippen molar-refractivity contribution in [3.05, 3.63) is 50.7 Å². The average molecular weight is 357 g/mol. The highest BCUT2D eigenvalue weighted by Crippen LogP contribution is 2.29. The summed E-state index contributed by atoms with van der Waals surface area (Å²) in [6.45, 7) is 4.07. The number of halogens is 2. The lowest BCUT2D eigenvalue weighted by Crippen LogP contribution is -2.36. The molecule has 2 rings (SSSR count). The molecule has 0 saturated heterocycles. The van der Waals surface area contributed by atoms with Gasteiger partial charge in [-0.3, -0.25) is 4.68 Å². The molecule has 0 fully saturated rings. The Kier molecular flexibility index (Phi) is 4.57. The molecule has 1 atom stereocenters. The van der Waals surface area contributed by atoms with Crippen LogP contribution in [0.5, 0.6) is 0 Å². The summed E-state index contributed by atoms with van der Waals surface area (Å²) in [5.74, 6) is 0. The first-order valence-corrected chi connectivity index (χ1v) is 7.77. The van der Waals surface area contributed by atoms with E-state index in [1.54, 1.807) is 0 Å². The van der Waals surface area contributed by atoms with E-state index in [1.807, 2.05) is 49.8 Å². The van der Waals surface area contributed by atoms with Crippen molar-refractivity contribution in [2.24, 2.45) is 12.8 Å². The van der Waals surface area contributed by atoms with E-state index in [0.717, 1.165) is 32.9 Å². The first-order valence-electron chi connectivity index (χ1n) is 6.60. The van der Waals surface area contributed by atoms with Gasteiger partial charge in [0.2, 0.25) is 0 Å². The molecular formula is C15H19BrClN3. The van der Waals surface area contributed by atoms with E-state index in [2.05, 4.69) is 21.0 Å². The maximum absolute atomic E-state index is 6.49. The first-order chi connectivity index (χ1) is 9.35. The van der Waals surface area contributed by atoms with Crippen molar-refractivity contribution in [3.8, 4) is 0 Å². The largest absolute Gasteiger partial charge is 0.321 e. The van der Waals surface area contributed by atoms with Gasteiger partial charge in [0.05, 0.1) is 16.4 Å². The van der Waals surface area contributed by atoms with Crippen LogP contribution in [0, 0.1) is 0 Å². The maximum Gasteiger partial charge on any atom is 0.0850 e. The van der Waals surface area contributed by atoms with Crippen molar-refractivity contribution in [3.63, 3.8) is 0 Å². The number of aryl methyl sites for hydroxylation is 2. The van der Waals surface area contributed by atoms with Gasteiger partial charge in [0.25, 0.3) is 0 Å². The predicted octanol–water partition coefficient (Wildman–Crippen LogP) is 3.82. The molecule has 0 spiro atoms. The third-order valence-electron chi connectivity index (χ3n) is 3.54. The minimum absolute atomic E-state index is 0.483. The number of nitrogens with two attached hydrogens (primary N) is 1. The molecule has 0 bridgehead atoms. The van der Waals surface area contributed by atoms with E-state index in [9.17, 15) is 0 Å². The summed E-state index contributed by atoms with van der Waals surface area (Å²) in [5.41, 5.74) is 9.00. The van der Waals surface area contributed by atoms with Crippen molar-refractivity contribution in [1.29, 1.82) is 0 Å². The standard InChI is InChI=1S/C15H19BrClN3/c1-4-12-14(17)13(20(3)19-12)9-15(2,18)10-5-7-11(16)8-6-10/h5-8H,4,9,18H2,1-3H3. The second-order valence-corrected chi connectivity index (χ2v) is 6.58. The average Bonchev–Trinajstić information content (AvgIpc) is 2.66. The highest BCUT2D eigenvalue weighted by atomic mass is 79.9. The summed E-state index contributed by atoms with van der Waals surface area (Å²) in [5, 5.41) is 5.18. The topological polar surface area (TPSA) is 43.8 Å². The fraction of sp³-hybridized carbons (Fsp3) is 0.400. The molecule has 2 aromatic rings. The fourth-order valence-electron chi connectivity index (χ4n) is 2.29. The lowest BCUT2D eigenvalue weighted by molar-refractivity contribution is 0.472. The Labute approximate surface area is 133 Å². The SMILES string of the molecule is CCc1nn(C)c(CC(C)(N)c2ccc(Br)cc2)c1Cl. The number of aromatic nitrogens is 2. The summed E-state index contributed by atoms with van der Waals surface area (Å²) in [6.07, 6.45) is 1.48. The Morgan fingerprint density at radius 3 is 2.45 bits per heavy atom. The van der Waals surface area contributed by atoms with E-state index in [-0.39, 0.29) is 0 Å². The van der Waals surface area contributed by atoms with Crippen LogP contribution < -0.4 is 5.73 Å². The molecule has 108 valence electrons. The first kappa shape index (κ1) is 15.5. The molecule has 3 nitrogen and oxygen atoms in total. The molecule has 1 aromatic carbocycles. The van der Waals surface area contributed by atoms with Crippen LogP contribution in [0.15, 0.2) is 28.7 Å². The summed E-state index contributed by atoms with van der Waals surface area (Å²) in [7, 11) is 1.91. The van der Waals surface area contributed by atoms with E-state index < -0.39 is 5.54 Å². The van der Waals surface area contributed by atoms with Crippen molar-refractivity contribution in [1.82, 2.24) is 9.78 Å². The molecule has 0 amide bonds. The van der Waals surface area contributed by atoms with Gasteiger partial charge >= 0.3 is 0 Å². The van der Waals surface area contributed by atoms with E-state index >= 15 is 0 Å². The molecule has 2 N–H and O–H groups in total. The zero-order valence-corrected chi connectivity index (χ0v) is 14.3. The minimum atomic E-state index is -0.483. The van der Waals surface area contributed by atoms with Crippen molar-refractivity contribution >= 4 is 27.5 Å². The van der Waals surface area contributed by atoms with Crippen molar-refractivity contribution in [2.75, 3.05) is 0 Å². The van der Waals surface area contributed by atoms with Gasteiger partial charge in [0, 0.05) is 23.5 Å². The number of rotatable bonds is 4. The summed E-state index contributed by atoms with van der Waals surface area (Å²) < 4.78 is 2.88. The molecule has 20 heavy (non-hydrogen) atoms. The Morgan fingerprint density at radius 2 is 1.95 bits per heavy atom. The van der Waals surface area contributed by atoms with Crippen LogP contribution in [0.25, 0.3) is 0 Å². The van der Waals surface area contributed by atoms with Gasteiger partial charge in [0.1, 0.15) is 0 Å². The van der Waals surface area contributed by atoms with Crippen molar-refractivity contribution < 1.29 is 0 Å². The lowest BCUT2D eigenvalue weighted by Gasteiger charge is -2.25. The summed E-state index contributed by atoms with van der Waals surface area (Å²) >= 11 is 9.84. The molecule has 1 heterocycles. The van der Waals surface area contributed by atoms with Gasteiger partial charge in [-0.2, -0.15) is 5.10 Å². The van der Waals surface area contributed by atoms with E-state index in [4.69, 9.17) is 17.3 Å². The Morgan fingerprint density at radius 1 is 1.35 bits per heavy atom. The number of hydrogen-bond acceptors (Lipinski definition) is 2. The number of hydrogen-bond donors (Lipinski definition) is 1. The lowest BCUT2D eigenvalue weighted by atomic mass is 9.88. The molecule has 0 aliphatic rings. The zero-order chi connectivity index (χ0) is 14.9. The normalized spacial score (nSPS) is 14.3. The van der Waals surface area contributed by atoms with Crippen LogP contribution in [0.2, 0.25) is 5.02 Å². The second kappa shape index (κ2) is 5.88. The van der Waals surface area contributed by atoms with E-state index in [0.29, 0.717) is 6.42 Å². The molecule has 0 radical (unpaired) electrons. The molecule has 0 aliphatic heterocycles. The van der Waals surface area contributed by atoms with Gasteiger partial charge in [-0.25, -0.2) is 0 Å². The summed E-state index contributed by atoms with van der Waals surface area (Å²) in [4.78, 5) is 0. The molecule has 5 heteroatoms. The van der Waals surface area contributed by atoms with Gasteiger partial charge in [-0.1, -0.05) is 46.6 Å². The van der Waals surface area contributed by atoms with Crippen LogP contribution in [0.4, 0.5) is 0 Å². The van der Waals surface area contributed by atoms with Crippen LogP contribution in [-0.2, 0) is 25.4 Å². The van der Waals surface area contributed by atoms with Gasteiger partial charge < -0.3 is 5.73 Å². The fourth-order valence-corrected chi connectivity index (χ4v) is 2.92. The summed E-state index contributed by atoms with van der Waals surface area (Å²) in [6, 6.07) is 8.08. The zero-order valence-electron chi connectivity index (χ0n) is 12.0. The molecule has 1 unspecified atom stereocenters. The van der Waals surface area contributed by atoms with Crippen LogP contribution in [-0.4, -0.2) is 9.78 Å². The number of benzene rings is 1. The second-order valence-electron chi connectivity index (χ2n) is 5.29. The monoisotopic (exact) mass is 355 g/mol. The Hall–Kier alpha value is -0.840. The number of nitrogens with zero attached hydrogens (tertiary/aromatic N) is 2. The highest BCUT2D eigenvalue weighted by molar-refractivity contribution is 9.10. The maximum atomic E-state index is 6.49. The minimum Gasteiger partial charge on any atom is -0.321 e. The molecule has 0 aliphatic carbocycles. The predicted molar refractivity (Wildman–Crippen MR) is 87.0 cm³/mol. The van der Waals surface area contributed by atoms with Crippen LogP contribution in [0.3, 0.4) is 0 Å². The third-order valence-corrected chi connectivity index (χ3v) is 4.51. The van der Waals surface area contributed by atoms with Crippen LogP contribution in [0.1, 0.15) is 30.8 Å². The van der Waals surface area contributed by atoms with E-state index in [1.165, 1.54) is 0 Å². The molecular weight excluding hydrogens is 338 g/mol. The molecule has 0 saturated carbocycles. The van der Waals surface area contributed by atoms with Gasteiger partial charge in [-0.05, 0) is 31.0 Å². The quantitative estimate of drug-likeness (QED) is 0.905. The smallest absolute Gasteiger partial charge is 0.0850 e. The Balaban J connectivity index is 2.32. The van der Waals surface area contributed by atoms with Gasteiger partial charge in [-0.15, -0.1) is 0 Å². The Bertz CT molecular complexity index is 602. The molecule has 1 aromatic heterocycles.